The van der Waals surface area contributed by atoms with Crippen molar-refractivity contribution in [3.63, 3.8) is 0 Å². The van der Waals surface area contributed by atoms with Gasteiger partial charge in [0.15, 0.2) is 0 Å². The number of hydrogen-bond acceptors (Lipinski definition) is 3. The molecule has 1 saturated heterocycles. The summed E-state index contributed by atoms with van der Waals surface area (Å²) in [7, 11) is 0. The van der Waals surface area contributed by atoms with E-state index in [1.165, 1.54) is 19.3 Å². The summed E-state index contributed by atoms with van der Waals surface area (Å²) < 4.78 is 1.99. The van der Waals surface area contributed by atoms with Gasteiger partial charge in [0.2, 0.25) is 5.91 Å². The Kier molecular flexibility index (Phi) is 3.59. The van der Waals surface area contributed by atoms with Gasteiger partial charge in [-0.25, -0.2) is 4.98 Å². The van der Waals surface area contributed by atoms with E-state index in [0.29, 0.717) is 18.8 Å². The van der Waals surface area contributed by atoms with Crippen LogP contribution in [0.15, 0.2) is 24.3 Å². The monoisotopic (exact) mass is 339 g/mol. The number of carbonyl (C=O) groups is 1. The fourth-order valence-corrected chi connectivity index (χ4v) is 5.75. The number of nitrogens with zero attached hydrogens (tertiary/aromatic N) is 3. The molecule has 1 aromatic heterocycles. The second kappa shape index (κ2) is 5.84. The SMILES string of the molecule is O=C(CCn1c(CO)nc2ccccc21)N1C[C@@H]2[C@@H]3CC[C@@H](C3)[C@@H]2C1. The van der Waals surface area contributed by atoms with Crippen molar-refractivity contribution in [3.05, 3.63) is 30.1 Å². The van der Waals surface area contributed by atoms with E-state index in [-0.39, 0.29) is 12.5 Å². The lowest BCUT2D eigenvalue weighted by atomic mass is 9.82. The molecule has 3 fully saturated rings. The van der Waals surface area contributed by atoms with E-state index in [4.69, 9.17) is 0 Å². The first-order chi connectivity index (χ1) is 12.2. The number of benzene rings is 1. The van der Waals surface area contributed by atoms with Crippen LogP contribution in [0.3, 0.4) is 0 Å². The van der Waals surface area contributed by atoms with Gasteiger partial charge < -0.3 is 14.6 Å². The number of fused-ring (bicyclic) bond motifs is 6. The normalized spacial score (nSPS) is 30.4. The summed E-state index contributed by atoms with van der Waals surface area (Å²) in [5.74, 6) is 4.20. The number of aryl methyl sites for hydroxylation is 1. The molecule has 2 heterocycles. The van der Waals surface area contributed by atoms with Crippen LogP contribution in [0.2, 0.25) is 0 Å². The average molecular weight is 339 g/mol. The predicted molar refractivity (Wildman–Crippen MR) is 94.7 cm³/mol. The van der Waals surface area contributed by atoms with Crippen molar-refractivity contribution in [2.45, 2.75) is 38.8 Å². The maximum absolute atomic E-state index is 12.8. The number of rotatable bonds is 4. The Morgan fingerprint density at radius 2 is 1.88 bits per heavy atom. The molecule has 3 aliphatic rings. The Balaban J connectivity index is 1.28. The molecule has 5 rings (SSSR count). The van der Waals surface area contributed by atoms with Gasteiger partial charge in [0.25, 0.3) is 0 Å². The number of amides is 1. The molecule has 1 aromatic carbocycles. The molecule has 132 valence electrons. The lowest BCUT2D eigenvalue weighted by molar-refractivity contribution is -0.130. The number of imidazole rings is 1. The Morgan fingerprint density at radius 3 is 2.60 bits per heavy atom. The molecule has 2 aromatic rings. The predicted octanol–water partition coefficient (Wildman–Crippen LogP) is 2.42. The molecule has 0 spiro atoms. The van der Waals surface area contributed by atoms with Crippen molar-refractivity contribution >= 4 is 16.9 Å². The zero-order valence-corrected chi connectivity index (χ0v) is 14.5. The smallest absolute Gasteiger partial charge is 0.224 e. The van der Waals surface area contributed by atoms with Gasteiger partial charge in [0.1, 0.15) is 12.4 Å². The lowest BCUT2D eigenvalue weighted by Crippen LogP contribution is -2.31. The standard InChI is InChI=1S/C20H25N3O2/c24-12-19-21-17-3-1-2-4-18(17)23(19)8-7-20(25)22-10-15-13-5-6-14(9-13)16(15)11-22/h1-4,13-16,24H,5-12H2/t13-,14+,15-,16+. The average Bonchev–Trinajstić information content (AvgIpc) is 3.39. The molecule has 25 heavy (non-hydrogen) atoms. The van der Waals surface area contributed by atoms with Crippen LogP contribution >= 0.6 is 0 Å². The Bertz CT molecular complexity index is 796. The third kappa shape index (κ3) is 2.40. The van der Waals surface area contributed by atoms with E-state index in [2.05, 4.69) is 9.88 Å². The molecule has 0 radical (unpaired) electrons. The molecule has 1 amide bonds. The van der Waals surface area contributed by atoms with Crippen LogP contribution in [0.4, 0.5) is 0 Å². The molecule has 2 bridgehead atoms. The quantitative estimate of drug-likeness (QED) is 0.931. The number of likely N-dealkylation sites (tertiary alicyclic amines) is 1. The van der Waals surface area contributed by atoms with E-state index in [1.54, 1.807) is 0 Å². The van der Waals surface area contributed by atoms with Gasteiger partial charge in [-0.2, -0.15) is 0 Å². The lowest BCUT2D eigenvalue weighted by Gasteiger charge is -2.22. The Hall–Kier alpha value is -1.88. The van der Waals surface area contributed by atoms with E-state index in [1.807, 2.05) is 28.8 Å². The minimum absolute atomic E-state index is 0.0971. The second-order valence-corrected chi connectivity index (χ2v) is 8.04. The summed E-state index contributed by atoms with van der Waals surface area (Å²) in [6.07, 6.45) is 4.67. The van der Waals surface area contributed by atoms with E-state index < -0.39 is 0 Å². The highest BCUT2D eigenvalue weighted by molar-refractivity contribution is 5.78. The topological polar surface area (TPSA) is 58.4 Å². The summed E-state index contributed by atoms with van der Waals surface area (Å²) in [5, 5.41) is 9.59. The summed E-state index contributed by atoms with van der Waals surface area (Å²) in [6.45, 7) is 2.44. The fourth-order valence-electron chi connectivity index (χ4n) is 5.75. The minimum Gasteiger partial charge on any atom is -0.388 e. The molecule has 5 nitrogen and oxygen atoms in total. The van der Waals surface area contributed by atoms with E-state index in [9.17, 15) is 9.90 Å². The van der Waals surface area contributed by atoms with E-state index in [0.717, 1.165) is 47.8 Å². The highest BCUT2D eigenvalue weighted by atomic mass is 16.3. The number of hydrogen-bond donors (Lipinski definition) is 1. The van der Waals surface area contributed by atoms with Crippen molar-refractivity contribution in [2.24, 2.45) is 23.7 Å². The number of carbonyl (C=O) groups excluding carboxylic acids is 1. The van der Waals surface area contributed by atoms with Crippen LogP contribution in [0.5, 0.6) is 0 Å². The third-order valence-corrected chi connectivity index (χ3v) is 6.91. The maximum Gasteiger partial charge on any atom is 0.224 e. The van der Waals surface area contributed by atoms with Gasteiger partial charge in [-0.05, 0) is 55.1 Å². The second-order valence-electron chi connectivity index (χ2n) is 8.04. The molecule has 0 unspecified atom stereocenters. The highest BCUT2D eigenvalue weighted by Gasteiger charge is 2.52. The van der Waals surface area contributed by atoms with Gasteiger partial charge >= 0.3 is 0 Å². The Labute approximate surface area is 147 Å². The maximum atomic E-state index is 12.8. The van der Waals surface area contributed by atoms with Crippen LogP contribution < -0.4 is 0 Å². The summed E-state index contributed by atoms with van der Waals surface area (Å²) in [4.78, 5) is 19.3. The first kappa shape index (κ1) is 15.4. The molecule has 2 saturated carbocycles. The molecule has 2 aliphatic carbocycles. The number of aromatic nitrogens is 2. The van der Waals surface area contributed by atoms with Crippen LogP contribution in [0.1, 0.15) is 31.5 Å². The zero-order valence-electron chi connectivity index (χ0n) is 14.5. The van der Waals surface area contributed by atoms with Crippen molar-refractivity contribution in [1.29, 1.82) is 0 Å². The van der Waals surface area contributed by atoms with E-state index >= 15 is 0 Å². The minimum atomic E-state index is -0.0971. The zero-order chi connectivity index (χ0) is 17.0. The number of para-hydroxylation sites is 2. The first-order valence-electron chi connectivity index (χ1n) is 9.57. The van der Waals surface area contributed by atoms with Crippen LogP contribution in [-0.2, 0) is 17.9 Å². The van der Waals surface area contributed by atoms with Crippen molar-refractivity contribution in [1.82, 2.24) is 14.5 Å². The first-order valence-corrected chi connectivity index (χ1v) is 9.57. The molecule has 1 N–H and O–H groups in total. The van der Waals surface area contributed by atoms with Crippen LogP contribution in [0.25, 0.3) is 11.0 Å². The molecular weight excluding hydrogens is 314 g/mol. The summed E-state index contributed by atoms with van der Waals surface area (Å²) in [5.41, 5.74) is 1.88. The van der Waals surface area contributed by atoms with Crippen molar-refractivity contribution < 1.29 is 9.90 Å². The van der Waals surface area contributed by atoms with Crippen LogP contribution in [-0.4, -0.2) is 38.6 Å². The molecule has 5 heteroatoms. The number of aliphatic hydroxyl groups excluding tert-OH is 1. The van der Waals surface area contributed by atoms with Gasteiger partial charge in [-0.15, -0.1) is 0 Å². The fraction of sp³-hybridized carbons (Fsp3) is 0.600. The number of aliphatic hydroxyl groups is 1. The third-order valence-electron chi connectivity index (χ3n) is 6.91. The molecule has 4 atom stereocenters. The summed E-state index contributed by atoms with van der Waals surface area (Å²) in [6, 6.07) is 7.87. The van der Waals surface area contributed by atoms with Gasteiger partial charge in [-0.1, -0.05) is 12.1 Å². The Morgan fingerprint density at radius 1 is 1.16 bits per heavy atom. The van der Waals surface area contributed by atoms with Crippen molar-refractivity contribution in [2.75, 3.05) is 13.1 Å². The molecule has 1 aliphatic heterocycles. The van der Waals surface area contributed by atoms with Gasteiger partial charge in [-0.3, -0.25) is 4.79 Å². The van der Waals surface area contributed by atoms with Crippen molar-refractivity contribution in [3.8, 4) is 0 Å². The highest BCUT2D eigenvalue weighted by Crippen LogP contribution is 2.55. The largest absolute Gasteiger partial charge is 0.388 e. The van der Waals surface area contributed by atoms with Gasteiger partial charge in [0.05, 0.1) is 11.0 Å². The van der Waals surface area contributed by atoms with Gasteiger partial charge in [0, 0.05) is 26.1 Å². The van der Waals surface area contributed by atoms with Crippen LogP contribution in [0, 0.1) is 23.7 Å². The molecular formula is C20H25N3O2. The summed E-state index contributed by atoms with van der Waals surface area (Å²) >= 11 is 0.